The summed E-state index contributed by atoms with van der Waals surface area (Å²) in [6.45, 7) is 5.73. The van der Waals surface area contributed by atoms with Gasteiger partial charge in [-0.1, -0.05) is 60.7 Å². The van der Waals surface area contributed by atoms with E-state index in [-0.39, 0.29) is 43.8 Å². The smallest absolute Gasteiger partial charge is 0.242 e. The van der Waals surface area contributed by atoms with Crippen molar-refractivity contribution in [3.8, 4) is 0 Å². The van der Waals surface area contributed by atoms with Crippen molar-refractivity contribution in [2.24, 2.45) is 0 Å². The molecular weight excluding hydrogens is 557 g/mol. The van der Waals surface area contributed by atoms with E-state index in [1.54, 1.807) is 31.2 Å². The van der Waals surface area contributed by atoms with Crippen LogP contribution >= 0.6 is 23.2 Å². The number of nitrogens with zero attached hydrogens (tertiary/aromatic N) is 2. The first-order valence-corrected chi connectivity index (χ1v) is 16.1. The van der Waals surface area contributed by atoms with Crippen LogP contribution in [0.3, 0.4) is 0 Å². The number of carbonyl (C=O) groups is 2. The van der Waals surface area contributed by atoms with Crippen LogP contribution in [0.2, 0.25) is 10.0 Å². The second-order valence-electron chi connectivity index (χ2n) is 10.4. The Morgan fingerprint density at radius 1 is 1.03 bits per heavy atom. The lowest BCUT2D eigenvalue weighted by atomic mass is 9.95. The molecule has 0 bridgehead atoms. The number of aryl methyl sites for hydroxylation is 1. The Kier molecular flexibility index (Phi) is 11.1. The lowest BCUT2D eigenvalue weighted by Gasteiger charge is -2.32. The molecule has 0 aliphatic heterocycles. The van der Waals surface area contributed by atoms with Crippen molar-refractivity contribution in [3.05, 3.63) is 63.1 Å². The van der Waals surface area contributed by atoms with E-state index in [9.17, 15) is 18.0 Å². The maximum Gasteiger partial charge on any atom is 0.242 e. The largest absolute Gasteiger partial charge is 0.352 e. The summed E-state index contributed by atoms with van der Waals surface area (Å²) >= 11 is 12.8. The highest BCUT2D eigenvalue weighted by Gasteiger charge is 2.29. The van der Waals surface area contributed by atoms with Crippen LogP contribution in [0.1, 0.15) is 68.6 Å². The molecule has 10 heteroatoms. The second-order valence-corrected chi connectivity index (χ2v) is 13.1. The average Bonchev–Trinajstić information content (AvgIpc) is 2.88. The van der Waals surface area contributed by atoms with Crippen LogP contribution in [0.25, 0.3) is 0 Å². The summed E-state index contributed by atoms with van der Waals surface area (Å²) in [5.41, 5.74) is 3.03. The lowest BCUT2D eigenvalue weighted by Crippen LogP contribution is -2.50. The Labute approximate surface area is 242 Å². The summed E-state index contributed by atoms with van der Waals surface area (Å²) < 4.78 is 26.7. The van der Waals surface area contributed by atoms with Crippen LogP contribution in [0, 0.1) is 13.8 Å². The number of sulfonamides is 1. The van der Waals surface area contributed by atoms with Gasteiger partial charge < -0.3 is 10.2 Å². The number of nitrogens with one attached hydrogen (secondary N) is 1. The van der Waals surface area contributed by atoms with Crippen molar-refractivity contribution in [2.45, 2.75) is 84.3 Å². The van der Waals surface area contributed by atoms with E-state index in [1.807, 2.05) is 26.0 Å². The molecule has 1 fully saturated rings. The topological polar surface area (TPSA) is 86.8 Å². The fourth-order valence-electron chi connectivity index (χ4n) is 4.99. The third-order valence-corrected chi connectivity index (χ3v) is 9.39. The monoisotopic (exact) mass is 595 g/mol. The Balaban J connectivity index is 1.78. The van der Waals surface area contributed by atoms with Crippen LogP contribution in [0.5, 0.6) is 0 Å². The molecule has 0 heterocycles. The minimum absolute atomic E-state index is 0.0556. The lowest BCUT2D eigenvalue weighted by molar-refractivity contribution is -0.141. The predicted molar refractivity (Wildman–Crippen MR) is 159 cm³/mol. The highest BCUT2D eigenvalue weighted by molar-refractivity contribution is 7.92. The van der Waals surface area contributed by atoms with E-state index in [1.165, 1.54) is 21.9 Å². The number of halogens is 2. The number of benzene rings is 2. The van der Waals surface area contributed by atoms with E-state index in [2.05, 4.69) is 5.32 Å². The van der Waals surface area contributed by atoms with Crippen LogP contribution in [0.4, 0.5) is 5.69 Å². The van der Waals surface area contributed by atoms with E-state index < -0.39 is 16.1 Å². The zero-order valence-electron chi connectivity index (χ0n) is 23.2. The third-order valence-electron chi connectivity index (χ3n) is 7.51. The van der Waals surface area contributed by atoms with Gasteiger partial charge in [-0.25, -0.2) is 8.42 Å². The molecule has 3 rings (SSSR count). The molecule has 214 valence electrons. The number of amides is 2. The summed E-state index contributed by atoms with van der Waals surface area (Å²) in [6.07, 6.45) is 6.70. The maximum absolute atomic E-state index is 13.6. The zero-order chi connectivity index (χ0) is 28.7. The maximum atomic E-state index is 13.6. The first-order valence-electron chi connectivity index (χ1n) is 13.5. The van der Waals surface area contributed by atoms with Gasteiger partial charge in [-0.3, -0.25) is 13.9 Å². The van der Waals surface area contributed by atoms with Crippen LogP contribution < -0.4 is 9.62 Å². The molecule has 1 aliphatic carbocycles. The molecule has 0 aromatic heterocycles. The Morgan fingerprint density at radius 3 is 2.26 bits per heavy atom. The quantitative estimate of drug-likeness (QED) is 0.344. The van der Waals surface area contributed by atoms with E-state index >= 15 is 0 Å². The van der Waals surface area contributed by atoms with Crippen molar-refractivity contribution in [3.63, 3.8) is 0 Å². The van der Waals surface area contributed by atoms with Crippen LogP contribution in [0.15, 0.2) is 36.4 Å². The number of carbonyl (C=O) groups excluding carboxylic acids is 2. The van der Waals surface area contributed by atoms with Gasteiger partial charge in [0.05, 0.1) is 11.9 Å². The van der Waals surface area contributed by atoms with Gasteiger partial charge in [0.25, 0.3) is 0 Å². The van der Waals surface area contributed by atoms with Gasteiger partial charge in [0.15, 0.2) is 0 Å². The molecule has 1 aliphatic rings. The first-order chi connectivity index (χ1) is 18.4. The highest BCUT2D eigenvalue weighted by atomic mass is 35.5. The molecule has 2 aromatic carbocycles. The second kappa shape index (κ2) is 13.9. The van der Waals surface area contributed by atoms with Crippen molar-refractivity contribution in [1.82, 2.24) is 10.2 Å². The van der Waals surface area contributed by atoms with Crippen LogP contribution in [-0.4, -0.2) is 50.0 Å². The Morgan fingerprint density at radius 2 is 1.64 bits per heavy atom. The molecule has 0 saturated heterocycles. The van der Waals surface area contributed by atoms with Gasteiger partial charge in [0.1, 0.15) is 6.04 Å². The fourth-order valence-corrected chi connectivity index (χ4v) is 6.53. The van der Waals surface area contributed by atoms with Crippen molar-refractivity contribution in [2.75, 3.05) is 17.1 Å². The summed E-state index contributed by atoms with van der Waals surface area (Å²) in [5, 5.41) is 3.94. The van der Waals surface area contributed by atoms with Crippen molar-refractivity contribution >= 4 is 50.7 Å². The van der Waals surface area contributed by atoms with E-state index in [0.717, 1.165) is 36.8 Å². The van der Waals surface area contributed by atoms with Crippen molar-refractivity contribution < 1.29 is 18.0 Å². The summed E-state index contributed by atoms with van der Waals surface area (Å²) in [6, 6.07) is 10.0. The van der Waals surface area contributed by atoms with E-state index in [0.29, 0.717) is 21.3 Å². The molecule has 1 saturated carbocycles. The van der Waals surface area contributed by atoms with Crippen LogP contribution in [-0.2, 0) is 26.2 Å². The molecule has 7 nitrogen and oxygen atoms in total. The predicted octanol–water partition coefficient (Wildman–Crippen LogP) is 6.02. The number of rotatable bonds is 11. The molecule has 39 heavy (non-hydrogen) atoms. The van der Waals surface area contributed by atoms with E-state index in [4.69, 9.17) is 23.2 Å². The summed E-state index contributed by atoms with van der Waals surface area (Å²) in [5.74, 6) is -0.488. The highest BCUT2D eigenvalue weighted by Crippen LogP contribution is 2.28. The van der Waals surface area contributed by atoms with Gasteiger partial charge in [-0.15, -0.1) is 0 Å². The molecule has 0 spiro atoms. The number of hydrogen-bond acceptors (Lipinski definition) is 4. The first kappa shape index (κ1) is 31.2. The van der Waals surface area contributed by atoms with Gasteiger partial charge in [0, 0.05) is 41.2 Å². The normalized spacial score (nSPS) is 15.0. The molecule has 1 unspecified atom stereocenters. The summed E-state index contributed by atoms with van der Waals surface area (Å²) in [7, 11) is -3.57. The number of anilines is 1. The molecular formula is C29H39Cl2N3O4S. The SMILES string of the molecule is Cc1cccc(N(CCCC(=O)N(Cc2c(Cl)cccc2Cl)C(C)C(=O)NC2CCCCC2)S(C)(=O)=O)c1C. The molecule has 1 atom stereocenters. The minimum Gasteiger partial charge on any atom is -0.352 e. The molecule has 1 N–H and O–H groups in total. The number of hydrogen-bond donors (Lipinski definition) is 1. The third kappa shape index (κ3) is 8.35. The molecule has 2 aromatic rings. The average molecular weight is 597 g/mol. The summed E-state index contributed by atoms with van der Waals surface area (Å²) in [4.78, 5) is 28.3. The fraction of sp³-hybridized carbons (Fsp3) is 0.517. The van der Waals surface area contributed by atoms with Gasteiger partial charge in [0.2, 0.25) is 21.8 Å². The minimum atomic E-state index is -3.57. The Bertz CT molecular complexity index is 1260. The zero-order valence-corrected chi connectivity index (χ0v) is 25.5. The van der Waals surface area contributed by atoms with Gasteiger partial charge >= 0.3 is 0 Å². The standard InChI is InChI=1S/C29H39Cl2N3O4S/c1-20-11-8-16-27(21(20)2)34(39(4,37)38)18-10-17-28(35)33(19-24-25(30)14-9-15-26(24)31)22(3)29(36)32-23-12-6-5-7-13-23/h8-9,11,14-16,22-23H,5-7,10,12-13,17-19H2,1-4H3,(H,32,36). The van der Waals surface area contributed by atoms with Gasteiger partial charge in [-0.05, 0) is 69.4 Å². The van der Waals surface area contributed by atoms with Gasteiger partial charge in [-0.2, -0.15) is 0 Å². The molecule has 2 amide bonds. The molecule has 0 radical (unpaired) electrons. The van der Waals surface area contributed by atoms with Crippen molar-refractivity contribution in [1.29, 1.82) is 0 Å². The Hall–Kier alpha value is -2.29.